The molecule has 0 spiro atoms. The van der Waals surface area contributed by atoms with Gasteiger partial charge in [0.25, 0.3) is 0 Å². The highest BCUT2D eigenvalue weighted by Gasteiger charge is 2.40. The van der Waals surface area contributed by atoms with Crippen LogP contribution in [0.4, 0.5) is 10.5 Å². The molecule has 1 aliphatic heterocycles. The normalized spacial score (nSPS) is 21.8. The first-order chi connectivity index (χ1) is 22.2. The number of urea groups is 1. The fourth-order valence-corrected chi connectivity index (χ4v) is 7.14. The molecule has 12 heteroatoms. The number of likely N-dealkylation sites (tertiary alicyclic amines) is 1. The number of nitrogens with one attached hydrogen (secondary N) is 3. The van der Waals surface area contributed by atoms with Gasteiger partial charge in [0.15, 0.2) is 11.5 Å². The molecule has 2 aromatic carbocycles. The van der Waals surface area contributed by atoms with E-state index in [1.54, 1.807) is 6.07 Å². The lowest BCUT2D eigenvalue weighted by atomic mass is 9.85. The monoisotopic (exact) mass is 659 g/mol. The smallest absolute Gasteiger partial charge is 0.319 e. The molecule has 1 saturated heterocycles. The van der Waals surface area contributed by atoms with Crippen LogP contribution in [0.25, 0.3) is 5.65 Å². The summed E-state index contributed by atoms with van der Waals surface area (Å²) >= 11 is 0. The predicted octanol–water partition coefficient (Wildman–Crippen LogP) is 5.79. The average Bonchev–Trinajstić information content (AvgIpc) is 3.59. The number of carbonyl (C=O) groups is 1. The zero-order valence-electron chi connectivity index (χ0n) is 28.0. The topological polar surface area (TPSA) is 130 Å². The van der Waals surface area contributed by atoms with E-state index >= 15 is 0 Å². The molecule has 3 heterocycles. The van der Waals surface area contributed by atoms with E-state index < -0.39 is 10.0 Å². The van der Waals surface area contributed by atoms with E-state index in [-0.39, 0.29) is 35.7 Å². The lowest BCUT2D eigenvalue weighted by Gasteiger charge is -2.32. The van der Waals surface area contributed by atoms with Crippen molar-refractivity contribution in [1.29, 1.82) is 0 Å². The van der Waals surface area contributed by atoms with E-state index in [9.17, 15) is 13.2 Å². The number of anilines is 1. The Morgan fingerprint density at radius 2 is 1.83 bits per heavy atom. The zero-order chi connectivity index (χ0) is 33.6. The Bertz CT molecular complexity index is 1900. The summed E-state index contributed by atoms with van der Waals surface area (Å²) in [7, 11) is -1.23. The second kappa shape index (κ2) is 12.6. The van der Waals surface area contributed by atoms with Crippen molar-refractivity contribution in [3.63, 3.8) is 0 Å². The summed E-state index contributed by atoms with van der Waals surface area (Å²) in [6.07, 6.45) is 6.51. The van der Waals surface area contributed by atoms with E-state index in [1.165, 1.54) is 0 Å². The van der Waals surface area contributed by atoms with Gasteiger partial charge >= 0.3 is 6.03 Å². The van der Waals surface area contributed by atoms with Gasteiger partial charge in [0, 0.05) is 12.2 Å². The maximum Gasteiger partial charge on any atom is 0.319 e. The SMILES string of the molecule is CN1CCCC1(C)c1nnc2ccc(O[C@@H]3CC[C@H](NC(=O)Nc4cc(CNS(C)(=O)=O)cc(C(C)(C)C)c4)c4ccccc43)cn12. The molecular weight excluding hydrogens is 614 g/mol. The number of hydrogen-bond donors (Lipinski definition) is 3. The number of nitrogens with zero attached hydrogens (tertiary/aromatic N) is 4. The Labute approximate surface area is 277 Å². The standard InChI is InChI=1S/C35H45N7O4S/c1-34(2,3)24-18-23(21-36-47(6,44)45)19-25(20-24)37-33(43)38-29-13-14-30(28-11-8-7-10-27(28)29)46-26-12-15-31-39-40-32(42(31)22-26)35(4)16-9-17-41(35)5/h7-8,10-12,15,18-20,22,29-30,36H,9,13-14,16-17,21H2,1-6H3,(H2,37,38,43)/t29-,30+,35?/m0/s1. The van der Waals surface area contributed by atoms with Gasteiger partial charge in [-0.05, 0) is 98.1 Å². The minimum atomic E-state index is -3.36. The molecule has 2 amide bonds. The minimum Gasteiger partial charge on any atom is -0.484 e. The molecule has 3 atom stereocenters. The molecule has 11 nitrogen and oxygen atoms in total. The summed E-state index contributed by atoms with van der Waals surface area (Å²) in [4.78, 5) is 15.7. The van der Waals surface area contributed by atoms with Crippen LogP contribution in [0, 0.1) is 0 Å². The van der Waals surface area contributed by atoms with Crippen LogP contribution in [-0.2, 0) is 27.5 Å². The summed E-state index contributed by atoms with van der Waals surface area (Å²) in [5.41, 5.74) is 4.83. The quantitative estimate of drug-likeness (QED) is 0.218. The number of pyridine rings is 1. The van der Waals surface area contributed by atoms with Gasteiger partial charge < -0.3 is 15.4 Å². The van der Waals surface area contributed by atoms with Crippen molar-refractivity contribution in [3.05, 3.63) is 88.9 Å². The van der Waals surface area contributed by atoms with Gasteiger partial charge in [-0.25, -0.2) is 17.9 Å². The number of carbonyl (C=O) groups excluding carboxylic acids is 1. The highest BCUT2D eigenvalue weighted by atomic mass is 32.2. The first-order valence-corrected chi connectivity index (χ1v) is 18.1. The van der Waals surface area contributed by atoms with Gasteiger partial charge in [0.1, 0.15) is 11.9 Å². The first kappa shape index (κ1) is 32.9. The third kappa shape index (κ3) is 7.14. The number of sulfonamides is 1. The van der Waals surface area contributed by atoms with E-state index in [1.807, 2.05) is 48.7 Å². The van der Waals surface area contributed by atoms with E-state index in [2.05, 4.69) is 75.7 Å². The van der Waals surface area contributed by atoms with Crippen molar-refractivity contribution in [1.82, 2.24) is 29.5 Å². The molecule has 6 rings (SSSR count). The fourth-order valence-electron chi connectivity index (χ4n) is 6.72. The van der Waals surface area contributed by atoms with Crippen LogP contribution in [0.5, 0.6) is 5.75 Å². The lowest BCUT2D eigenvalue weighted by Crippen LogP contribution is -2.37. The maximum atomic E-state index is 13.4. The summed E-state index contributed by atoms with van der Waals surface area (Å²) < 4.78 is 34.7. The van der Waals surface area contributed by atoms with Crippen molar-refractivity contribution < 1.29 is 17.9 Å². The molecule has 0 radical (unpaired) electrons. The van der Waals surface area contributed by atoms with Gasteiger partial charge in [-0.3, -0.25) is 9.30 Å². The molecule has 0 saturated carbocycles. The predicted molar refractivity (Wildman–Crippen MR) is 183 cm³/mol. The van der Waals surface area contributed by atoms with Crippen LogP contribution in [0.2, 0.25) is 0 Å². The maximum absolute atomic E-state index is 13.4. The van der Waals surface area contributed by atoms with E-state index in [0.29, 0.717) is 12.1 Å². The number of hydrogen-bond acceptors (Lipinski definition) is 7. The summed E-state index contributed by atoms with van der Waals surface area (Å²) in [6, 6.07) is 17.2. The number of amides is 2. The van der Waals surface area contributed by atoms with Gasteiger partial charge in [0.05, 0.1) is 24.0 Å². The van der Waals surface area contributed by atoms with Gasteiger partial charge in [-0.2, -0.15) is 0 Å². The number of aromatic nitrogens is 3. The number of rotatable bonds is 8. The van der Waals surface area contributed by atoms with Crippen molar-refractivity contribution in [3.8, 4) is 5.75 Å². The molecule has 1 fully saturated rings. The Morgan fingerprint density at radius 3 is 2.53 bits per heavy atom. The summed E-state index contributed by atoms with van der Waals surface area (Å²) in [5.74, 6) is 1.66. The number of benzene rings is 2. The third-order valence-corrected chi connectivity index (χ3v) is 10.2. The van der Waals surface area contributed by atoms with Crippen LogP contribution >= 0.6 is 0 Å². The molecule has 250 valence electrons. The number of fused-ring (bicyclic) bond motifs is 2. The van der Waals surface area contributed by atoms with Crippen molar-refractivity contribution in [2.75, 3.05) is 25.2 Å². The van der Waals surface area contributed by atoms with Gasteiger partial charge in [-0.15, -0.1) is 10.2 Å². The molecule has 3 N–H and O–H groups in total. The highest BCUT2D eigenvalue weighted by Crippen LogP contribution is 2.40. The van der Waals surface area contributed by atoms with Crippen molar-refractivity contribution in [2.24, 2.45) is 0 Å². The van der Waals surface area contributed by atoms with Crippen molar-refractivity contribution in [2.45, 2.75) is 83.0 Å². The van der Waals surface area contributed by atoms with E-state index in [0.717, 1.165) is 71.5 Å². The summed E-state index contributed by atoms with van der Waals surface area (Å²) in [5, 5.41) is 15.2. The Kier molecular flexibility index (Phi) is 8.79. The fraction of sp³-hybridized carbons (Fsp3) is 0.457. The van der Waals surface area contributed by atoms with Crippen LogP contribution < -0.4 is 20.1 Å². The van der Waals surface area contributed by atoms with E-state index in [4.69, 9.17) is 4.74 Å². The Hall–Kier alpha value is -4.00. The number of ether oxygens (including phenoxy) is 1. The Balaban J connectivity index is 1.18. The molecule has 47 heavy (non-hydrogen) atoms. The second-order valence-corrected chi connectivity index (χ2v) is 16.0. The molecular formula is C35H45N7O4S. The average molecular weight is 660 g/mol. The van der Waals surface area contributed by atoms with Crippen molar-refractivity contribution >= 4 is 27.4 Å². The molecule has 0 bridgehead atoms. The van der Waals surface area contributed by atoms with Crippen LogP contribution in [0.15, 0.2) is 60.8 Å². The molecule has 1 unspecified atom stereocenters. The largest absolute Gasteiger partial charge is 0.484 e. The third-order valence-electron chi connectivity index (χ3n) is 9.53. The van der Waals surface area contributed by atoms with Crippen LogP contribution in [0.3, 0.4) is 0 Å². The second-order valence-electron chi connectivity index (χ2n) is 14.1. The molecule has 2 aliphatic rings. The highest BCUT2D eigenvalue weighted by molar-refractivity contribution is 7.88. The molecule has 2 aromatic heterocycles. The van der Waals surface area contributed by atoms with Crippen LogP contribution in [0.1, 0.15) is 93.6 Å². The molecule has 1 aliphatic carbocycles. The van der Waals surface area contributed by atoms with Gasteiger partial charge in [0.2, 0.25) is 10.0 Å². The van der Waals surface area contributed by atoms with Crippen LogP contribution in [-0.4, -0.2) is 53.8 Å². The first-order valence-electron chi connectivity index (χ1n) is 16.2. The zero-order valence-corrected chi connectivity index (χ0v) is 28.8. The Morgan fingerprint density at radius 1 is 1.06 bits per heavy atom. The minimum absolute atomic E-state index is 0.137. The molecule has 4 aromatic rings. The lowest BCUT2D eigenvalue weighted by molar-refractivity contribution is 0.170. The summed E-state index contributed by atoms with van der Waals surface area (Å²) in [6.45, 7) is 9.63. The van der Waals surface area contributed by atoms with Gasteiger partial charge in [-0.1, -0.05) is 51.1 Å².